The molecule has 110 valence electrons. The first-order valence-corrected chi connectivity index (χ1v) is 6.91. The zero-order valence-electron chi connectivity index (χ0n) is 12.0. The highest BCUT2D eigenvalue weighted by atomic mass is 16.5. The minimum absolute atomic E-state index is 0.164. The number of anilines is 1. The number of aromatic nitrogens is 1. The second kappa shape index (κ2) is 5.98. The molecule has 1 aromatic heterocycles. The second-order valence-electron chi connectivity index (χ2n) is 5.16. The van der Waals surface area contributed by atoms with Crippen molar-refractivity contribution in [1.82, 2.24) is 9.47 Å². The summed E-state index contributed by atoms with van der Waals surface area (Å²) in [4.78, 5) is 25.4. The lowest BCUT2D eigenvalue weighted by Crippen LogP contribution is -2.33. The highest BCUT2D eigenvalue weighted by Gasteiger charge is 2.30. The van der Waals surface area contributed by atoms with E-state index >= 15 is 0 Å². The number of carbonyl (C=O) groups is 2. The largest absolute Gasteiger partial charge is 0.451 e. The van der Waals surface area contributed by atoms with Crippen LogP contribution < -0.4 is 5.73 Å². The molecule has 1 fully saturated rings. The van der Waals surface area contributed by atoms with E-state index < -0.39 is 5.97 Å². The predicted molar refractivity (Wildman–Crippen MR) is 75.2 cm³/mol. The molecule has 2 rings (SSSR count). The molecule has 0 aliphatic heterocycles. The summed E-state index contributed by atoms with van der Waals surface area (Å²) in [7, 11) is 1.74. The van der Waals surface area contributed by atoms with Crippen LogP contribution in [-0.4, -0.2) is 41.0 Å². The molecule has 0 atom stereocenters. The summed E-state index contributed by atoms with van der Waals surface area (Å²) in [6, 6.07) is 1.90. The highest BCUT2D eigenvalue weighted by molar-refractivity contribution is 5.91. The molecule has 6 nitrogen and oxygen atoms in total. The monoisotopic (exact) mass is 279 g/mol. The van der Waals surface area contributed by atoms with Gasteiger partial charge in [-0.05, 0) is 25.3 Å². The van der Waals surface area contributed by atoms with E-state index in [0.29, 0.717) is 24.0 Å². The van der Waals surface area contributed by atoms with Crippen molar-refractivity contribution in [3.63, 3.8) is 0 Å². The molecule has 2 N–H and O–H groups in total. The molecule has 6 heteroatoms. The van der Waals surface area contributed by atoms with Gasteiger partial charge >= 0.3 is 5.97 Å². The fraction of sp³-hybridized carbons (Fsp3) is 0.571. The Morgan fingerprint density at radius 3 is 2.80 bits per heavy atom. The van der Waals surface area contributed by atoms with Crippen LogP contribution in [0.1, 0.15) is 36.7 Å². The number of aryl methyl sites for hydroxylation is 1. The summed E-state index contributed by atoms with van der Waals surface area (Å²) in [6.07, 6.45) is 4.66. The average Bonchev–Trinajstić information content (AvgIpc) is 3.19. The van der Waals surface area contributed by atoms with Crippen LogP contribution in [0.3, 0.4) is 0 Å². The molecule has 0 unspecified atom stereocenters. The van der Waals surface area contributed by atoms with E-state index in [2.05, 4.69) is 0 Å². The minimum atomic E-state index is -0.507. The molecular formula is C14H21N3O3. The number of rotatable bonds is 6. The molecule has 0 spiro atoms. The van der Waals surface area contributed by atoms with Crippen molar-refractivity contribution in [3.05, 3.63) is 18.0 Å². The van der Waals surface area contributed by atoms with Crippen LogP contribution in [0, 0.1) is 0 Å². The summed E-state index contributed by atoms with van der Waals surface area (Å²) < 4.78 is 6.84. The van der Waals surface area contributed by atoms with E-state index in [0.717, 1.165) is 19.3 Å². The molecule has 1 amide bonds. The van der Waals surface area contributed by atoms with Gasteiger partial charge in [0, 0.05) is 25.8 Å². The van der Waals surface area contributed by atoms with Crippen molar-refractivity contribution in [2.24, 2.45) is 0 Å². The first-order valence-electron chi connectivity index (χ1n) is 6.91. The first kappa shape index (κ1) is 14.4. The van der Waals surface area contributed by atoms with Crippen molar-refractivity contribution in [3.8, 4) is 0 Å². The zero-order valence-corrected chi connectivity index (χ0v) is 12.0. The number of likely N-dealkylation sites (N-methyl/N-ethyl adjacent to an activating group) is 1. The van der Waals surface area contributed by atoms with Crippen molar-refractivity contribution in [2.45, 2.75) is 38.8 Å². The molecule has 1 saturated carbocycles. The topological polar surface area (TPSA) is 77.6 Å². The number of hydrogen-bond donors (Lipinski definition) is 1. The van der Waals surface area contributed by atoms with Gasteiger partial charge in [0.15, 0.2) is 6.61 Å². The summed E-state index contributed by atoms with van der Waals surface area (Å²) in [6.45, 7) is 2.49. The summed E-state index contributed by atoms with van der Waals surface area (Å²) >= 11 is 0. The van der Waals surface area contributed by atoms with E-state index in [1.807, 2.05) is 6.92 Å². The van der Waals surface area contributed by atoms with Gasteiger partial charge in [0.05, 0.1) is 5.69 Å². The number of carbonyl (C=O) groups excluding carboxylic acids is 2. The average molecular weight is 279 g/mol. The Balaban J connectivity index is 1.92. The molecule has 1 aliphatic rings. The van der Waals surface area contributed by atoms with Crippen molar-refractivity contribution in [2.75, 3.05) is 19.4 Å². The van der Waals surface area contributed by atoms with Crippen LogP contribution >= 0.6 is 0 Å². The van der Waals surface area contributed by atoms with Crippen molar-refractivity contribution < 1.29 is 14.3 Å². The van der Waals surface area contributed by atoms with Crippen LogP contribution in [0.5, 0.6) is 0 Å². The van der Waals surface area contributed by atoms with Gasteiger partial charge in [0.25, 0.3) is 5.91 Å². The van der Waals surface area contributed by atoms with Gasteiger partial charge < -0.3 is 19.9 Å². The fourth-order valence-electron chi connectivity index (χ4n) is 2.10. The Morgan fingerprint density at radius 2 is 2.20 bits per heavy atom. The Morgan fingerprint density at radius 1 is 1.50 bits per heavy atom. The van der Waals surface area contributed by atoms with Gasteiger partial charge in [-0.25, -0.2) is 4.79 Å². The molecule has 1 aliphatic carbocycles. The standard InChI is InChI=1S/C14H21N3O3/c1-3-6-17-8-10(15)7-12(17)14(19)20-9-13(18)16(2)11-4-5-11/h7-8,11H,3-6,9,15H2,1-2H3. The van der Waals surface area contributed by atoms with E-state index in [1.54, 1.807) is 28.8 Å². The lowest BCUT2D eigenvalue weighted by atomic mass is 10.4. The van der Waals surface area contributed by atoms with Gasteiger partial charge in [-0.3, -0.25) is 4.79 Å². The van der Waals surface area contributed by atoms with Gasteiger partial charge in [0.2, 0.25) is 0 Å². The maximum Gasteiger partial charge on any atom is 0.355 e. The highest BCUT2D eigenvalue weighted by Crippen LogP contribution is 2.25. The molecule has 1 aromatic rings. The van der Waals surface area contributed by atoms with E-state index in [1.165, 1.54) is 0 Å². The van der Waals surface area contributed by atoms with Gasteiger partial charge in [-0.1, -0.05) is 6.92 Å². The Bertz CT molecular complexity index is 506. The number of nitrogens with zero attached hydrogens (tertiary/aromatic N) is 2. The van der Waals surface area contributed by atoms with E-state index in [-0.39, 0.29) is 12.5 Å². The molecule has 1 heterocycles. The fourth-order valence-corrected chi connectivity index (χ4v) is 2.10. The lowest BCUT2D eigenvalue weighted by molar-refractivity contribution is -0.133. The number of esters is 1. The Kier molecular flexibility index (Phi) is 4.32. The summed E-state index contributed by atoms with van der Waals surface area (Å²) in [5.41, 5.74) is 6.61. The smallest absolute Gasteiger partial charge is 0.355 e. The molecule has 0 saturated heterocycles. The minimum Gasteiger partial charge on any atom is -0.451 e. The van der Waals surface area contributed by atoms with Crippen molar-refractivity contribution >= 4 is 17.6 Å². The number of ether oxygens (including phenoxy) is 1. The SMILES string of the molecule is CCCn1cc(N)cc1C(=O)OCC(=O)N(C)C1CC1. The number of nitrogens with two attached hydrogens (primary N) is 1. The normalized spacial score (nSPS) is 14.1. The number of amides is 1. The third-order valence-corrected chi connectivity index (χ3v) is 3.41. The van der Waals surface area contributed by atoms with Gasteiger partial charge in [0.1, 0.15) is 5.69 Å². The molecular weight excluding hydrogens is 258 g/mol. The Labute approximate surface area is 118 Å². The predicted octanol–water partition coefficient (Wildman–Crippen LogP) is 1.26. The summed E-state index contributed by atoms with van der Waals surface area (Å²) in [5.74, 6) is -0.671. The van der Waals surface area contributed by atoms with Crippen LogP contribution in [0.25, 0.3) is 0 Å². The maximum atomic E-state index is 12.0. The van der Waals surface area contributed by atoms with Gasteiger partial charge in [-0.2, -0.15) is 0 Å². The van der Waals surface area contributed by atoms with Crippen molar-refractivity contribution in [1.29, 1.82) is 0 Å². The molecule has 0 aromatic carbocycles. The molecule has 0 bridgehead atoms. The van der Waals surface area contributed by atoms with Crippen LogP contribution in [0.15, 0.2) is 12.3 Å². The third kappa shape index (κ3) is 3.31. The second-order valence-corrected chi connectivity index (χ2v) is 5.16. The lowest BCUT2D eigenvalue weighted by Gasteiger charge is -2.16. The van der Waals surface area contributed by atoms with E-state index in [4.69, 9.17) is 10.5 Å². The first-order chi connectivity index (χ1) is 9.52. The van der Waals surface area contributed by atoms with E-state index in [9.17, 15) is 9.59 Å². The number of hydrogen-bond acceptors (Lipinski definition) is 4. The molecule has 0 radical (unpaired) electrons. The van der Waals surface area contributed by atoms with Crippen LogP contribution in [-0.2, 0) is 16.1 Å². The van der Waals surface area contributed by atoms with Crippen LogP contribution in [0.2, 0.25) is 0 Å². The maximum absolute atomic E-state index is 12.0. The number of nitrogen functional groups attached to an aromatic ring is 1. The van der Waals surface area contributed by atoms with Gasteiger partial charge in [-0.15, -0.1) is 0 Å². The van der Waals surface area contributed by atoms with Crippen LogP contribution in [0.4, 0.5) is 5.69 Å². The Hall–Kier alpha value is -1.98. The molecule has 20 heavy (non-hydrogen) atoms. The zero-order chi connectivity index (χ0) is 14.7. The quantitative estimate of drug-likeness (QED) is 0.795. The summed E-state index contributed by atoms with van der Waals surface area (Å²) in [5, 5.41) is 0. The third-order valence-electron chi connectivity index (χ3n) is 3.41.